The van der Waals surface area contributed by atoms with Crippen LogP contribution in [-0.2, 0) is 20.9 Å². The summed E-state index contributed by atoms with van der Waals surface area (Å²) in [7, 11) is 0. The fraction of sp³-hybridized carbons (Fsp3) is 0.333. The van der Waals surface area contributed by atoms with Gasteiger partial charge >= 0.3 is 18.0 Å². The van der Waals surface area contributed by atoms with Gasteiger partial charge in [-0.05, 0) is 21.6 Å². The Labute approximate surface area is 259 Å². The molecule has 0 saturated carbocycles. The number of urea groups is 2. The maximum Gasteiger partial charge on any atom is 0.323 e. The molecule has 44 heavy (non-hydrogen) atoms. The number of nitrogens with zero attached hydrogens (tertiary/aromatic N) is 4. The van der Waals surface area contributed by atoms with Crippen molar-refractivity contribution in [2.24, 2.45) is 5.41 Å². The Morgan fingerprint density at radius 2 is 1.82 bits per heavy atom. The second kappa shape index (κ2) is 13.3. The van der Waals surface area contributed by atoms with E-state index < -0.39 is 58.0 Å². The average Bonchev–Trinajstić information content (AvgIpc) is 3.54. The molecular weight excluding hydrogens is 610 g/mol. The van der Waals surface area contributed by atoms with Crippen molar-refractivity contribution in [1.82, 2.24) is 46.8 Å². The smallest absolute Gasteiger partial charge is 0.323 e. The first-order valence-electron chi connectivity index (χ1n) is 13.5. The molecule has 0 radical (unpaired) electrons. The summed E-state index contributed by atoms with van der Waals surface area (Å²) in [5.41, 5.74) is -0.0101. The van der Waals surface area contributed by atoms with Gasteiger partial charge in [-0.15, -0.1) is 16.9 Å². The number of imide groups is 1. The highest BCUT2D eigenvalue weighted by Crippen LogP contribution is 2.47. The van der Waals surface area contributed by atoms with Crippen molar-refractivity contribution in [3.05, 3.63) is 71.8 Å². The average molecular weight is 640 g/mol. The number of aromatic amines is 1. The highest BCUT2D eigenvalue weighted by Gasteiger charge is 2.59. The van der Waals surface area contributed by atoms with Gasteiger partial charge in [0, 0.05) is 24.1 Å². The Hall–Kier alpha value is -4.64. The lowest BCUT2D eigenvalue weighted by atomic mass is 9.84. The van der Waals surface area contributed by atoms with E-state index in [1.165, 1.54) is 28.4 Å². The van der Waals surface area contributed by atoms with Gasteiger partial charge in [-0.3, -0.25) is 19.7 Å². The van der Waals surface area contributed by atoms with Crippen LogP contribution in [-0.4, -0.2) is 89.4 Å². The van der Waals surface area contributed by atoms with Crippen molar-refractivity contribution in [3.8, 4) is 0 Å². The molecule has 2 fully saturated rings. The fourth-order valence-corrected chi connectivity index (χ4v) is 7.67. The number of hydrogen-bond donors (Lipinski definition) is 6. The summed E-state index contributed by atoms with van der Waals surface area (Å²) in [4.78, 5) is 65.6. The van der Waals surface area contributed by atoms with E-state index in [4.69, 9.17) is 0 Å². The Kier molecular flexibility index (Phi) is 9.34. The Morgan fingerprint density at radius 3 is 2.48 bits per heavy atom. The number of carboxylic acids is 1. The van der Waals surface area contributed by atoms with Gasteiger partial charge < -0.3 is 26.0 Å². The minimum atomic E-state index is -1.28. The van der Waals surface area contributed by atoms with Crippen LogP contribution in [0.5, 0.6) is 0 Å². The topological polar surface area (TPSA) is 211 Å². The number of H-pyrrole nitrogens is 1. The van der Waals surface area contributed by atoms with Gasteiger partial charge in [0.15, 0.2) is 0 Å². The summed E-state index contributed by atoms with van der Waals surface area (Å²) in [5.74, 6) is -1.97. The molecule has 2 aliphatic heterocycles. The van der Waals surface area contributed by atoms with Crippen molar-refractivity contribution in [2.75, 3.05) is 12.3 Å². The highest BCUT2D eigenvalue weighted by molar-refractivity contribution is 8.01. The molecule has 0 bridgehead atoms. The lowest BCUT2D eigenvalue weighted by molar-refractivity contribution is -0.158. The first-order valence-corrected chi connectivity index (χ1v) is 15.4. The van der Waals surface area contributed by atoms with E-state index in [9.17, 15) is 29.1 Å². The summed E-state index contributed by atoms with van der Waals surface area (Å²) in [6.45, 7) is 1.89. The van der Waals surface area contributed by atoms with Crippen molar-refractivity contribution >= 4 is 53.4 Å². The van der Waals surface area contributed by atoms with Crippen molar-refractivity contribution < 1.29 is 29.1 Å². The number of β-lactam (4-membered cyclic amide) rings is 1. The number of thioether (sulfide) groups is 2. The number of carboxylic acid groups (broad SMARTS) is 1. The van der Waals surface area contributed by atoms with Crippen molar-refractivity contribution in [1.29, 1.82) is 0 Å². The van der Waals surface area contributed by atoms with Crippen LogP contribution in [0.2, 0.25) is 0 Å². The van der Waals surface area contributed by atoms with Crippen LogP contribution in [0, 0.1) is 5.41 Å². The standard InChI is InChI=1S/C27H29N9O6S2/c1-15(44-26-32-34-35-33-26)27(23(39)40)13-36-21(38)19(22(36)43-14-27)29-20(37)18(17-10-6-3-7-11-17)30-25(42)31-24(41)28-12-16-8-4-2-5-9-16/h2-11,15,18-19,22H,12-14H2,1H3,(H,29,37)(H,39,40)(H,32,33,34,35)(H3,28,30,31,41,42)/t15?,18?,19?,22-,27?/m1/s1. The second-order valence-corrected chi connectivity index (χ2v) is 12.6. The molecule has 2 aromatic carbocycles. The molecule has 2 saturated heterocycles. The molecular formula is C27H29N9O6S2. The van der Waals surface area contributed by atoms with E-state index in [-0.39, 0.29) is 18.8 Å². The van der Waals surface area contributed by atoms with Gasteiger partial charge in [-0.25, -0.2) is 14.7 Å². The quantitative estimate of drug-likeness (QED) is 0.137. The maximum atomic E-state index is 13.5. The zero-order valence-electron chi connectivity index (χ0n) is 23.3. The molecule has 3 aromatic rings. The number of aromatic nitrogens is 4. The number of aliphatic carboxylic acids is 1. The highest BCUT2D eigenvalue weighted by atomic mass is 32.2. The predicted molar refractivity (Wildman–Crippen MR) is 159 cm³/mol. The molecule has 2 aliphatic rings. The number of amides is 6. The third-order valence-electron chi connectivity index (χ3n) is 7.42. The molecule has 15 nitrogen and oxygen atoms in total. The minimum Gasteiger partial charge on any atom is -0.481 e. The molecule has 4 unspecified atom stereocenters. The molecule has 5 atom stereocenters. The van der Waals surface area contributed by atoms with E-state index in [0.717, 1.165) is 5.56 Å². The summed E-state index contributed by atoms with van der Waals surface area (Å²) in [5, 5.41) is 33.0. The van der Waals surface area contributed by atoms with Crippen LogP contribution >= 0.6 is 23.5 Å². The monoisotopic (exact) mass is 639 g/mol. The van der Waals surface area contributed by atoms with Crippen molar-refractivity contribution in [2.45, 2.75) is 41.3 Å². The lowest BCUT2D eigenvalue weighted by Gasteiger charge is -2.55. The SMILES string of the molecule is CC(Sc1nnn[nH]1)C1(C(=O)O)CS[C@@H]2C(NC(=O)C(NC(=O)NC(=O)NCc3ccccc3)c3ccccc3)C(=O)N2C1. The number of fused-ring (bicyclic) bond motifs is 1. The number of nitrogens with one attached hydrogen (secondary N) is 5. The first kappa shape index (κ1) is 30.8. The number of hydrogen-bond acceptors (Lipinski definition) is 10. The van der Waals surface area contributed by atoms with E-state index in [2.05, 4.69) is 41.9 Å². The molecule has 6 amide bonds. The van der Waals surface area contributed by atoms with Gasteiger partial charge in [0.25, 0.3) is 0 Å². The van der Waals surface area contributed by atoms with E-state index in [1.54, 1.807) is 37.3 Å². The normalized spacial score (nSPS) is 22.0. The molecule has 0 aliphatic carbocycles. The van der Waals surface area contributed by atoms with Crippen LogP contribution in [0.3, 0.4) is 0 Å². The predicted octanol–water partition coefficient (Wildman–Crippen LogP) is 1.10. The Bertz CT molecular complexity index is 1510. The van der Waals surface area contributed by atoms with Crippen LogP contribution in [0.15, 0.2) is 65.8 Å². The summed E-state index contributed by atoms with van der Waals surface area (Å²) in [6, 6.07) is 13.7. The molecule has 230 valence electrons. The second-order valence-electron chi connectivity index (χ2n) is 10.2. The van der Waals surface area contributed by atoms with Gasteiger partial charge in [-0.1, -0.05) is 79.3 Å². The van der Waals surface area contributed by atoms with Gasteiger partial charge in [0.05, 0.1) is 0 Å². The molecule has 1 aromatic heterocycles. The van der Waals surface area contributed by atoms with Gasteiger partial charge in [0.1, 0.15) is 22.9 Å². The zero-order valence-corrected chi connectivity index (χ0v) is 24.9. The van der Waals surface area contributed by atoms with Crippen LogP contribution < -0.4 is 21.3 Å². The van der Waals surface area contributed by atoms with Crippen LogP contribution in [0.1, 0.15) is 24.1 Å². The lowest BCUT2D eigenvalue weighted by Crippen LogP contribution is -2.75. The molecule has 5 rings (SSSR count). The van der Waals surface area contributed by atoms with Gasteiger partial charge in [-0.2, -0.15) is 0 Å². The number of carbonyl (C=O) groups is 5. The summed E-state index contributed by atoms with van der Waals surface area (Å²) in [6.07, 6.45) is 0. The van der Waals surface area contributed by atoms with Gasteiger partial charge in [0.2, 0.25) is 17.0 Å². The largest absolute Gasteiger partial charge is 0.481 e. The summed E-state index contributed by atoms with van der Waals surface area (Å²) >= 11 is 2.43. The minimum absolute atomic E-state index is 0.0538. The van der Waals surface area contributed by atoms with E-state index >= 15 is 0 Å². The zero-order chi connectivity index (χ0) is 31.3. The number of rotatable bonds is 10. The number of carbonyl (C=O) groups excluding carboxylic acids is 4. The van der Waals surface area contributed by atoms with Crippen molar-refractivity contribution in [3.63, 3.8) is 0 Å². The third-order valence-corrected chi connectivity index (χ3v) is 10.2. The molecule has 17 heteroatoms. The van der Waals surface area contributed by atoms with E-state index in [0.29, 0.717) is 10.7 Å². The van der Waals surface area contributed by atoms with Crippen LogP contribution in [0.4, 0.5) is 9.59 Å². The molecule has 0 spiro atoms. The molecule has 3 heterocycles. The Balaban J connectivity index is 1.21. The fourth-order valence-electron chi connectivity index (χ4n) is 4.90. The van der Waals surface area contributed by atoms with Crippen LogP contribution in [0.25, 0.3) is 0 Å². The third kappa shape index (κ3) is 6.62. The first-order chi connectivity index (χ1) is 21.2. The number of tetrazole rings is 1. The summed E-state index contributed by atoms with van der Waals surface area (Å²) < 4.78 is 0. The maximum absolute atomic E-state index is 13.5. The number of benzene rings is 2. The van der Waals surface area contributed by atoms with E-state index in [1.807, 2.05) is 30.3 Å². The Morgan fingerprint density at radius 1 is 1.11 bits per heavy atom. The molecule has 6 N–H and O–H groups in total.